The fraction of sp³-hybridized carbons (Fsp3) is 0.167. The highest BCUT2D eigenvalue weighted by atomic mass is 16.3. The molecular formula is C18H16N8O5. The van der Waals surface area contributed by atoms with Crippen LogP contribution in [0.4, 0.5) is 11.8 Å². The zero-order valence-corrected chi connectivity index (χ0v) is 16.4. The zero-order chi connectivity index (χ0) is 22.3. The molecule has 31 heavy (non-hydrogen) atoms. The fourth-order valence-electron chi connectivity index (χ4n) is 3.06. The van der Waals surface area contributed by atoms with Gasteiger partial charge in [0.15, 0.2) is 11.2 Å². The summed E-state index contributed by atoms with van der Waals surface area (Å²) in [6.45, 7) is 0.0756. The normalized spacial score (nSPS) is 11.5. The van der Waals surface area contributed by atoms with Crippen LogP contribution in [0, 0.1) is 0 Å². The van der Waals surface area contributed by atoms with Gasteiger partial charge in [-0.3, -0.25) is 28.7 Å². The average molecular weight is 424 g/mol. The van der Waals surface area contributed by atoms with E-state index in [1.807, 2.05) is 11.1 Å². The Balaban J connectivity index is 1.86. The van der Waals surface area contributed by atoms with E-state index in [-0.39, 0.29) is 23.7 Å². The number of nitrogens with zero attached hydrogens (tertiary/aromatic N) is 6. The van der Waals surface area contributed by atoms with Gasteiger partial charge in [0.05, 0.1) is 6.54 Å². The Morgan fingerprint density at radius 1 is 1.00 bits per heavy atom. The molecule has 3 aromatic heterocycles. The van der Waals surface area contributed by atoms with Gasteiger partial charge >= 0.3 is 11.4 Å². The van der Waals surface area contributed by atoms with Gasteiger partial charge in [-0.15, -0.1) is 10.2 Å². The summed E-state index contributed by atoms with van der Waals surface area (Å²) in [6, 6.07) is 9.04. The molecule has 158 valence electrons. The van der Waals surface area contributed by atoms with Crippen molar-refractivity contribution in [3.63, 3.8) is 0 Å². The van der Waals surface area contributed by atoms with Crippen LogP contribution in [0.25, 0.3) is 11.2 Å². The maximum absolute atomic E-state index is 13.0. The van der Waals surface area contributed by atoms with Crippen LogP contribution >= 0.6 is 0 Å². The lowest BCUT2D eigenvalue weighted by Crippen LogP contribution is -2.39. The Morgan fingerprint density at radius 3 is 2.42 bits per heavy atom. The second kappa shape index (κ2) is 7.37. The van der Waals surface area contributed by atoms with Gasteiger partial charge in [0.25, 0.3) is 17.1 Å². The number of azo groups is 1. The Hall–Kier alpha value is -4.55. The van der Waals surface area contributed by atoms with E-state index >= 15 is 0 Å². The molecule has 3 N–H and O–H groups in total. The second-order valence-electron chi connectivity index (χ2n) is 6.67. The molecule has 4 rings (SSSR count). The van der Waals surface area contributed by atoms with Crippen molar-refractivity contribution in [3.05, 3.63) is 77.6 Å². The van der Waals surface area contributed by atoms with Gasteiger partial charge in [-0.25, -0.2) is 9.59 Å². The first-order chi connectivity index (χ1) is 14.8. The smallest absolute Gasteiger partial charge is 0.332 e. The SMILES string of the molecule is Cn1c(N=Nc2[nH]c(=O)[nH]c(=O)c2O)nc2c1c(=O)n(Cc1ccccc1)c(=O)n2C. The number of hydrogen-bond acceptors (Lipinski definition) is 8. The van der Waals surface area contributed by atoms with Crippen LogP contribution in [0.2, 0.25) is 0 Å². The summed E-state index contributed by atoms with van der Waals surface area (Å²) < 4.78 is 3.62. The molecule has 13 heteroatoms. The van der Waals surface area contributed by atoms with Crippen LogP contribution in [0.3, 0.4) is 0 Å². The number of fused-ring (bicyclic) bond motifs is 1. The third-order valence-corrected chi connectivity index (χ3v) is 4.66. The van der Waals surface area contributed by atoms with E-state index < -0.39 is 34.1 Å². The lowest BCUT2D eigenvalue weighted by Gasteiger charge is -2.08. The van der Waals surface area contributed by atoms with Crippen molar-refractivity contribution in [1.29, 1.82) is 0 Å². The van der Waals surface area contributed by atoms with Crippen LogP contribution in [-0.2, 0) is 20.6 Å². The minimum atomic E-state index is -1.03. The number of aromatic hydroxyl groups is 1. The maximum atomic E-state index is 13.0. The molecule has 0 radical (unpaired) electrons. The molecule has 1 aromatic carbocycles. The minimum absolute atomic E-state index is 0.0756. The highest BCUT2D eigenvalue weighted by Gasteiger charge is 2.19. The molecule has 3 heterocycles. The van der Waals surface area contributed by atoms with E-state index in [1.54, 1.807) is 24.3 Å². The number of rotatable bonds is 4. The summed E-state index contributed by atoms with van der Waals surface area (Å²) in [6.07, 6.45) is 0. The molecule has 0 aliphatic rings. The molecule has 13 nitrogen and oxygen atoms in total. The molecule has 0 spiro atoms. The summed E-state index contributed by atoms with van der Waals surface area (Å²) in [7, 11) is 2.97. The molecule has 4 aromatic rings. The second-order valence-corrected chi connectivity index (χ2v) is 6.67. The summed E-state index contributed by atoms with van der Waals surface area (Å²) in [5.41, 5.74) is -2.07. The van der Waals surface area contributed by atoms with E-state index in [2.05, 4.69) is 20.2 Å². The predicted octanol–water partition coefficient (Wildman–Crippen LogP) is -0.0204. The topological polar surface area (TPSA) is 172 Å². The first-order valence-electron chi connectivity index (χ1n) is 8.95. The Bertz CT molecular complexity index is 1570. The minimum Gasteiger partial charge on any atom is -0.500 e. The van der Waals surface area contributed by atoms with Gasteiger partial charge in [0.2, 0.25) is 11.6 Å². The van der Waals surface area contributed by atoms with E-state index in [0.717, 1.165) is 10.1 Å². The molecule has 0 aliphatic carbocycles. The first-order valence-corrected chi connectivity index (χ1v) is 8.95. The fourth-order valence-corrected chi connectivity index (χ4v) is 3.06. The molecule has 0 bridgehead atoms. The van der Waals surface area contributed by atoms with Crippen LogP contribution < -0.4 is 22.5 Å². The molecule has 0 saturated carbocycles. The standard InChI is InChI=1S/C18H16N8O5/c1-24-10-13(20-16(24)23-22-12-11(27)14(28)21-17(30)19-12)25(2)18(31)26(15(10)29)8-9-6-4-3-5-7-9/h3-7,27H,8H2,1-2H3,(H2,19,21,28,30). The van der Waals surface area contributed by atoms with Crippen molar-refractivity contribution in [1.82, 2.24) is 28.7 Å². The molecular weight excluding hydrogens is 408 g/mol. The van der Waals surface area contributed by atoms with Crippen molar-refractivity contribution in [2.75, 3.05) is 0 Å². The zero-order valence-electron chi connectivity index (χ0n) is 16.4. The molecule has 0 amide bonds. The number of imidazole rings is 1. The van der Waals surface area contributed by atoms with E-state index in [0.29, 0.717) is 0 Å². The third-order valence-electron chi connectivity index (χ3n) is 4.66. The van der Waals surface area contributed by atoms with Crippen LogP contribution in [0.5, 0.6) is 5.75 Å². The molecule has 0 unspecified atom stereocenters. The van der Waals surface area contributed by atoms with Crippen molar-refractivity contribution < 1.29 is 5.11 Å². The largest absolute Gasteiger partial charge is 0.500 e. The van der Waals surface area contributed by atoms with Gasteiger partial charge < -0.3 is 9.67 Å². The first kappa shape index (κ1) is 19.8. The van der Waals surface area contributed by atoms with E-state index in [1.165, 1.54) is 23.2 Å². The van der Waals surface area contributed by atoms with Gasteiger partial charge in [-0.1, -0.05) is 30.3 Å². The lowest BCUT2D eigenvalue weighted by atomic mass is 10.2. The number of aryl methyl sites for hydroxylation is 2. The number of H-pyrrole nitrogens is 2. The third kappa shape index (κ3) is 3.37. The summed E-state index contributed by atoms with van der Waals surface area (Å²) in [5.74, 6) is -1.39. The molecule has 0 fully saturated rings. The number of aromatic nitrogens is 6. The summed E-state index contributed by atoms with van der Waals surface area (Å²) in [4.78, 5) is 56.7. The average Bonchev–Trinajstić information content (AvgIpc) is 3.08. The summed E-state index contributed by atoms with van der Waals surface area (Å²) in [5, 5.41) is 17.2. The quantitative estimate of drug-likeness (QED) is 0.388. The van der Waals surface area contributed by atoms with Crippen molar-refractivity contribution in [2.45, 2.75) is 6.54 Å². The number of hydrogen-bond donors (Lipinski definition) is 3. The Morgan fingerprint density at radius 2 is 1.71 bits per heavy atom. The van der Waals surface area contributed by atoms with Crippen molar-refractivity contribution in [3.8, 4) is 5.75 Å². The summed E-state index contributed by atoms with van der Waals surface area (Å²) >= 11 is 0. The number of aromatic amines is 2. The van der Waals surface area contributed by atoms with Gasteiger partial charge in [0.1, 0.15) is 0 Å². The van der Waals surface area contributed by atoms with Crippen LogP contribution in [0.1, 0.15) is 5.56 Å². The Kier molecular flexibility index (Phi) is 4.69. The Labute approximate surface area is 171 Å². The van der Waals surface area contributed by atoms with E-state index in [4.69, 9.17) is 0 Å². The van der Waals surface area contributed by atoms with Crippen LogP contribution in [0.15, 0.2) is 59.7 Å². The number of nitrogens with one attached hydrogen (secondary N) is 2. The van der Waals surface area contributed by atoms with Gasteiger partial charge in [0, 0.05) is 14.1 Å². The highest BCUT2D eigenvalue weighted by molar-refractivity contribution is 5.73. The van der Waals surface area contributed by atoms with Gasteiger partial charge in [-0.2, -0.15) is 4.98 Å². The molecule has 0 saturated heterocycles. The van der Waals surface area contributed by atoms with Gasteiger partial charge in [-0.05, 0) is 5.56 Å². The van der Waals surface area contributed by atoms with Crippen molar-refractivity contribution >= 4 is 22.9 Å². The van der Waals surface area contributed by atoms with Crippen molar-refractivity contribution in [2.24, 2.45) is 24.3 Å². The highest BCUT2D eigenvalue weighted by Crippen LogP contribution is 2.21. The molecule has 0 atom stereocenters. The van der Waals surface area contributed by atoms with E-state index in [9.17, 15) is 24.3 Å². The monoisotopic (exact) mass is 424 g/mol. The maximum Gasteiger partial charge on any atom is 0.332 e. The number of benzene rings is 1. The van der Waals surface area contributed by atoms with Crippen LogP contribution in [-0.4, -0.2) is 33.8 Å². The molecule has 0 aliphatic heterocycles. The predicted molar refractivity (Wildman–Crippen MR) is 109 cm³/mol. The lowest BCUT2D eigenvalue weighted by molar-refractivity contribution is 0.463.